The smallest absolute Gasteiger partial charge is 0.119 e. The summed E-state index contributed by atoms with van der Waals surface area (Å²) < 4.78 is 5.57. The normalized spacial score (nSPS) is 10.6. The molecule has 0 aliphatic heterocycles. The Morgan fingerprint density at radius 3 is 2.60 bits per heavy atom. The maximum absolute atomic E-state index is 5.63. The summed E-state index contributed by atoms with van der Waals surface area (Å²) in [5, 5.41) is 0. The van der Waals surface area contributed by atoms with Gasteiger partial charge in [-0.2, -0.15) is 0 Å². The second-order valence-corrected chi connectivity index (χ2v) is 3.89. The van der Waals surface area contributed by atoms with Crippen molar-refractivity contribution in [2.24, 2.45) is 0 Å². The quantitative estimate of drug-likeness (QED) is 0.525. The van der Waals surface area contributed by atoms with E-state index in [-0.39, 0.29) is 0 Å². The number of ether oxygens (including phenoxy) is 1. The van der Waals surface area contributed by atoms with Crippen LogP contribution < -0.4 is 4.74 Å². The summed E-state index contributed by atoms with van der Waals surface area (Å²) in [6, 6.07) is 9.90. The molecule has 0 saturated carbocycles. The fourth-order valence-corrected chi connectivity index (χ4v) is 1.59. The van der Waals surface area contributed by atoms with Crippen LogP contribution in [0.1, 0.15) is 6.42 Å². The van der Waals surface area contributed by atoms with Crippen LogP contribution in [-0.2, 0) is 0 Å². The molecule has 84 valence electrons. The van der Waals surface area contributed by atoms with Crippen LogP contribution in [-0.4, -0.2) is 37.5 Å². The van der Waals surface area contributed by atoms with Gasteiger partial charge in [-0.25, -0.2) is 0 Å². The van der Waals surface area contributed by atoms with E-state index < -0.39 is 0 Å². The number of hydrogen-bond acceptors (Lipinski definition) is 2. The van der Waals surface area contributed by atoms with Crippen molar-refractivity contribution in [1.29, 1.82) is 0 Å². The maximum Gasteiger partial charge on any atom is 0.119 e. The molecule has 0 aliphatic carbocycles. The maximum atomic E-state index is 5.63. The first-order valence-corrected chi connectivity index (χ1v) is 5.78. The molecule has 0 bridgehead atoms. The van der Waals surface area contributed by atoms with Gasteiger partial charge < -0.3 is 9.64 Å². The van der Waals surface area contributed by atoms with Crippen molar-refractivity contribution in [2.45, 2.75) is 6.42 Å². The van der Waals surface area contributed by atoms with Crippen molar-refractivity contribution in [2.75, 3.05) is 32.6 Å². The minimum absolute atomic E-state index is 0.691. The topological polar surface area (TPSA) is 12.5 Å². The molecule has 0 aromatic heterocycles. The van der Waals surface area contributed by atoms with Crippen LogP contribution in [0.4, 0.5) is 0 Å². The lowest BCUT2D eigenvalue weighted by atomic mass is 10.3. The van der Waals surface area contributed by atoms with Crippen LogP contribution in [0.3, 0.4) is 0 Å². The highest BCUT2D eigenvalue weighted by atomic mass is 35.5. The molecular weight excluding hydrogens is 210 g/mol. The second-order valence-electron chi connectivity index (χ2n) is 3.51. The zero-order chi connectivity index (χ0) is 10.9. The third-order valence-electron chi connectivity index (χ3n) is 2.16. The van der Waals surface area contributed by atoms with Gasteiger partial charge in [-0.1, -0.05) is 18.2 Å². The van der Waals surface area contributed by atoms with Gasteiger partial charge in [0.25, 0.3) is 0 Å². The minimum Gasteiger partial charge on any atom is -0.494 e. The molecule has 2 nitrogen and oxygen atoms in total. The second kappa shape index (κ2) is 7.55. The zero-order valence-electron chi connectivity index (χ0n) is 9.16. The van der Waals surface area contributed by atoms with Gasteiger partial charge in [0.2, 0.25) is 0 Å². The molecule has 0 spiro atoms. The van der Waals surface area contributed by atoms with E-state index in [4.69, 9.17) is 16.3 Å². The van der Waals surface area contributed by atoms with E-state index in [1.54, 1.807) is 0 Å². The number of benzene rings is 1. The highest BCUT2D eigenvalue weighted by molar-refractivity contribution is 6.18. The predicted molar refractivity (Wildman–Crippen MR) is 64.8 cm³/mol. The first kappa shape index (κ1) is 12.3. The Bertz CT molecular complexity index is 253. The Hall–Kier alpha value is -0.730. The fraction of sp³-hybridized carbons (Fsp3) is 0.500. The molecule has 0 amide bonds. The van der Waals surface area contributed by atoms with Crippen LogP contribution in [0, 0.1) is 0 Å². The van der Waals surface area contributed by atoms with Crippen molar-refractivity contribution >= 4 is 11.6 Å². The summed E-state index contributed by atoms with van der Waals surface area (Å²) in [5.74, 6) is 1.63. The standard InChI is InChI=1S/C12H18ClNO/c1-14(10-8-13)9-5-11-15-12-6-3-2-4-7-12/h2-4,6-7H,5,8-11H2,1H3. The molecule has 15 heavy (non-hydrogen) atoms. The first-order valence-electron chi connectivity index (χ1n) is 5.25. The molecule has 1 aromatic rings. The summed E-state index contributed by atoms with van der Waals surface area (Å²) in [5.41, 5.74) is 0. The fourth-order valence-electron chi connectivity index (χ4n) is 1.30. The van der Waals surface area contributed by atoms with Gasteiger partial charge in [-0.05, 0) is 25.6 Å². The van der Waals surface area contributed by atoms with Crippen LogP contribution >= 0.6 is 11.6 Å². The van der Waals surface area contributed by atoms with Gasteiger partial charge >= 0.3 is 0 Å². The van der Waals surface area contributed by atoms with Crippen molar-refractivity contribution in [1.82, 2.24) is 4.90 Å². The Balaban J connectivity index is 2.07. The van der Waals surface area contributed by atoms with Crippen LogP contribution in [0.2, 0.25) is 0 Å². The van der Waals surface area contributed by atoms with E-state index in [9.17, 15) is 0 Å². The summed E-state index contributed by atoms with van der Waals surface area (Å²) >= 11 is 5.63. The molecule has 0 heterocycles. The summed E-state index contributed by atoms with van der Waals surface area (Å²) in [7, 11) is 2.07. The molecule has 0 radical (unpaired) electrons. The van der Waals surface area contributed by atoms with E-state index in [0.29, 0.717) is 5.88 Å². The molecular formula is C12H18ClNO. The van der Waals surface area contributed by atoms with Crippen LogP contribution in [0.15, 0.2) is 30.3 Å². The molecule has 0 saturated heterocycles. The molecule has 0 unspecified atom stereocenters. The molecule has 0 atom stereocenters. The SMILES string of the molecule is CN(CCCl)CCCOc1ccccc1. The third kappa shape index (κ3) is 5.65. The van der Waals surface area contributed by atoms with Gasteiger partial charge in [-0.3, -0.25) is 0 Å². The predicted octanol–water partition coefficient (Wildman–Crippen LogP) is 2.63. The first-order chi connectivity index (χ1) is 7.33. The Morgan fingerprint density at radius 2 is 1.93 bits per heavy atom. The van der Waals surface area contributed by atoms with Crippen molar-refractivity contribution in [3.8, 4) is 5.75 Å². The Morgan fingerprint density at radius 1 is 1.20 bits per heavy atom. The van der Waals surface area contributed by atoms with Crippen molar-refractivity contribution < 1.29 is 4.74 Å². The summed E-state index contributed by atoms with van der Waals surface area (Å²) in [4.78, 5) is 2.21. The summed E-state index contributed by atoms with van der Waals surface area (Å²) in [6.45, 7) is 2.73. The van der Waals surface area contributed by atoms with Crippen LogP contribution in [0.5, 0.6) is 5.75 Å². The van der Waals surface area contributed by atoms with Crippen LogP contribution in [0.25, 0.3) is 0 Å². The van der Waals surface area contributed by atoms with Crippen molar-refractivity contribution in [3.05, 3.63) is 30.3 Å². The van der Waals surface area contributed by atoms with E-state index in [1.807, 2.05) is 30.3 Å². The van der Waals surface area contributed by atoms with E-state index in [2.05, 4.69) is 11.9 Å². The number of hydrogen-bond donors (Lipinski definition) is 0. The van der Waals surface area contributed by atoms with E-state index in [1.165, 1.54) is 0 Å². The minimum atomic E-state index is 0.691. The third-order valence-corrected chi connectivity index (χ3v) is 2.33. The van der Waals surface area contributed by atoms with Gasteiger partial charge in [-0.15, -0.1) is 11.6 Å². The number of halogens is 1. The van der Waals surface area contributed by atoms with Gasteiger partial charge in [0.1, 0.15) is 5.75 Å². The lowest BCUT2D eigenvalue weighted by Crippen LogP contribution is -2.23. The Labute approximate surface area is 96.8 Å². The monoisotopic (exact) mass is 227 g/mol. The van der Waals surface area contributed by atoms with E-state index in [0.717, 1.165) is 31.9 Å². The number of nitrogens with zero attached hydrogens (tertiary/aromatic N) is 1. The number of para-hydroxylation sites is 1. The molecule has 0 fully saturated rings. The highest BCUT2D eigenvalue weighted by Crippen LogP contribution is 2.08. The largest absolute Gasteiger partial charge is 0.494 e. The molecule has 0 aliphatic rings. The number of alkyl halides is 1. The van der Waals surface area contributed by atoms with Gasteiger partial charge in [0.15, 0.2) is 0 Å². The number of rotatable bonds is 7. The highest BCUT2D eigenvalue weighted by Gasteiger charge is 1.97. The summed E-state index contributed by atoms with van der Waals surface area (Å²) in [6.07, 6.45) is 1.03. The van der Waals surface area contributed by atoms with E-state index >= 15 is 0 Å². The lowest BCUT2D eigenvalue weighted by Gasteiger charge is -2.14. The average Bonchev–Trinajstić information content (AvgIpc) is 2.26. The molecule has 1 aromatic carbocycles. The zero-order valence-corrected chi connectivity index (χ0v) is 9.91. The molecule has 1 rings (SSSR count). The van der Waals surface area contributed by atoms with Gasteiger partial charge in [0, 0.05) is 19.0 Å². The lowest BCUT2D eigenvalue weighted by molar-refractivity contribution is 0.269. The molecule has 3 heteroatoms. The van der Waals surface area contributed by atoms with Crippen molar-refractivity contribution in [3.63, 3.8) is 0 Å². The molecule has 0 N–H and O–H groups in total. The van der Waals surface area contributed by atoms with Gasteiger partial charge in [0.05, 0.1) is 6.61 Å². The average molecular weight is 228 g/mol. The Kier molecular flexibility index (Phi) is 6.21.